The number of aromatic nitrogens is 3. The second-order valence-corrected chi connectivity index (χ2v) is 9.86. The monoisotopic (exact) mass is 468 g/mol. The van der Waals surface area contributed by atoms with E-state index in [4.69, 9.17) is 23.2 Å². The Bertz CT molecular complexity index is 1200. The molecule has 0 saturated heterocycles. The summed E-state index contributed by atoms with van der Waals surface area (Å²) in [6.45, 7) is 4.20. The van der Waals surface area contributed by atoms with E-state index in [1.165, 1.54) is 27.3 Å². The van der Waals surface area contributed by atoms with Crippen LogP contribution in [0.1, 0.15) is 31.1 Å². The van der Waals surface area contributed by atoms with Gasteiger partial charge in [-0.3, -0.25) is 14.1 Å². The molecule has 30 heavy (non-hydrogen) atoms. The molecule has 1 aromatic carbocycles. The predicted octanol–water partition coefficient (Wildman–Crippen LogP) is 3.59. The van der Waals surface area contributed by atoms with Crippen molar-refractivity contribution < 1.29 is 8.42 Å². The van der Waals surface area contributed by atoms with Crippen molar-refractivity contribution in [2.75, 3.05) is 0 Å². The molecule has 0 amide bonds. The molecule has 2 heterocycles. The molecule has 0 bridgehead atoms. The Morgan fingerprint density at radius 3 is 2.23 bits per heavy atom. The van der Waals surface area contributed by atoms with E-state index in [0.717, 1.165) is 5.56 Å². The van der Waals surface area contributed by atoms with Crippen LogP contribution in [-0.2, 0) is 30.0 Å². The van der Waals surface area contributed by atoms with E-state index >= 15 is 0 Å². The van der Waals surface area contributed by atoms with Crippen molar-refractivity contribution in [1.29, 1.82) is 0 Å². The van der Waals surface area contributed by atoms with Crippen molar-refractivity contribution >= 4 is 33.0 Å². The Morgan fingerprint density at radius 1 is 1.07 bits per heavy atom. The number of rotatable bonds is 7. The van der Waals surface area contributed by atoms with Crippen LogP contribution in [0.5, 0.6) is 0 Å². The molecule has 0 unspecified atom stereocenters. The van der Waals surface area contributed by atoms with E-state index in [2.05, 4.69) is 10.3 Å². The van der Waals surface area contributed by atoms with Crippen molar-refractivity contribution in [2.45, 2.75) is 42.9 Å². The molecule has 160 valence electrons. The SMILES string of the molecule is CC(C)n1c(S(=O)(=O)c2cc(Cl)cc(Cl)c2)c(CNCc2ccncc2)n(C)c1=O. The topological polar surface area (TPSA) is 86.0 Å². The molecule has 0 aliphatic heterocycles. The summed E-state index contributed by atoms with van der Waals surface area (Å²) in [7, 11) is -2.50. The van der Waals surface area contributed by atoms with Gasteiger partial charge < -0.3 is 5.32 Å². The number of halogens is 2. The zero-order valence-electron chi connectivity index (χ0n) is 16.8. The van der Waals surface area contributed by atoms with Crippen LogP contribution in [0, 0.1) is 0 Å². The van der Waals surface area contributed by atoms with Gasteiger partial charge in [-0.2, -0.15) is 0 Å². The molecule has 0 atom stereocenters. The van der Waals surface area contributed by atoms with Gasteiger partial charge in [-0.1, -0.05) is 23.2 Å². The molecule has 3 rings (SSSR count). The van der Waals surface area contributed by atoms with Gasteiger partial charge in [0.1, 0.15) is 0 Å². The maximum atomic E-state index is 13.6. The molecule has 0 fully saturated rings. The fourth-order valence-corrected chi connectivity index (χ4v) is 5.71. The molecule has 7 nitrogen and oxygen atoms in total. The number of hydrogen-bond acceptors (Lipinski definition) is 5. The zero-order chi connectivity index (χ0) is 22.1. The third-order valence-corrected chi connectivity index (χ3v) is 6.89. The number of pyridine rings is 1. The highest BCUT2D eigenvalue weighted by Gasteiger charge is 2.31. The van der Waals surface area contributed by atoms with Crippen LogP contribution in [0.4, 0.5) is 0 Å². The summed E-state index contributed by atoms with van der Waals surface area (Å²) in [6.07, 6.45) is 3.36. The van der Waals surface area contributed by atoms with Crippen LogP contribution in [0.25, 0.3) is 0 Å². The molecule has 1 N–H and O–H groups in total. The van der Waals surface area contributed by atoms with Gasteiger partial charge in [0.25, 0.3) is 0 Å². The van der Waals surface area contributed by atoms with Crippen molar-refractivity contribution in [3.8, 4) is 0 Å². The van der Waals surface area contributed by atoms with Gasteiger partial charge >= 0.3 is 5.69 Å². The highest BCUT2D eigenvalue weighted by molar-refractivity contribution is 7.91. The van der Waals surface area contributed by atoms with E-state index in [9.17, 15) is 13.2 Å². The summed E-state index contributed by atoms with van der Waals surface area (Å²) in [5.41, 5.74) is 0.945. The van der Waals surface area contributed by atoms with Gasteiger partial charge in [0, 0.05) is 48.6 Å². The summed E-state index contributed by atoms with van der Waals surface area (Å²) < 4.78 is 29.8. The minimum atomic E-state index is -4.06. The summed E-state index contributed by atoms with van der Waals surface area (Å²) >= 11 is 12.1. The first-order valence-corrected chi connectivity index (χ1v) is 11.5. The largest absolute Gasteiger partial charge is 0.329 e. The van der Waals surface area contributed by atoms with Crippen LogP contribution in [0.3, 0.4) is 0 Å². The molecular weight excluding hydrogens is 447 g/mol. The van der Waals surface area contributed by atoms with Crippen molar-refractivity contribution in [1.82, 2.24) is 19.4 Å². The molecule has 0 aliphatic carbocycles. The van der Waals surface area contributed by atoms with Crippen molar-refractivity contribution in [3.05, 3.63) is 74.5 Å². The smallest absolute Gasteiger partial charge is 0.307 e. The van der Waals surface area contributed by atoms with E-state index in [0.29, 0.717) is 12.2 Å². The van der Waals surface area contributed by atoms with Gasteiger partial charge in [-0.05, 0) is 49.7 Å². The number of sulfone groups is 1. The Labute approximate surface area is 185 Å². The lowest BCUT2D eigenvalue weighted by Gasteiger charge is -2.14. The van der Waals surface area contributed by atoms with Crippen LogP contribution in [0.15, 0.2) is 57.4 Å². The van der Waals surface area contributed by atoms with Crippen LogP contribution in [-0.4, -0.2) is 22.5 Å². The molecule has 0 aliphatic rings. The second kappa shape index (κ2) is 8.93. The first-order valence-electron chi connectivity index (χ1n) is 9.23. The standard InChI is InChI=1S/C20H22Cl2N4O3S/c1-13(2)26-19(30(28,29)17-9-15(21)8-16(22)10-17)18(25(3)20(26)27)12-24-11-14-4-6-23-7-5-14/h4-10,13,24H,11-12H2,1-3H3. The second-order valence-electron chi connectivity index (χ2n) is 7.12. The first-order chi connectivity index (χ1) is 14.1. The minimum absolute atomic E-state index is 0.0598. The average molecular weight is 469 g/mol. The third kappa shape index (κ3) is 4.46. The molecule has 0 radical (unpaired) electrons. The maximum absolute atomic E-state index is 13.6. The van der Waals surface area contributed by atoms with Crippen molar-refractivity contribution in [2.24, 2.45) is 7.05 Å². The van der Waals surface area contributed by atoms with Gasteiger partial charge in [0.2, 0.25) is 9.84 Å². The zero-order valence-corrected chi connectivity index (χ0v) is 19.1. The number of benzene rings is 1. The predicted molar refractivity (Wildman–Crippen MR) is 117 cm³/mol. The van der Waals surface area contributed by atoms with Gasteiger partial charge in [-0.25, -0.2) is 13.2 Å². The molecular formula is C20H22Cl2N4O3S. The summed E-state index contributed by atoms with van der Waals surface area (Å²) in [5.74, 6) is 0. The molecule has 10 heteroatoms. The maximum Gasteiger partial charge on any atom is 0.329 e. The van der Waals surface area contributed by atoms with Gasteiger partial charge in [0.05, 0.1) is 10.6 Å². The summed E-state index contributed by atoms with van der Waals surface area (Å²) in [5, 5.41) is 3.55. The van der Waals surface area contributed by atoms with E-state index < -0.39 is 15.5 Å². The first kappa shape index (κ1) is 22.6. The lowest BCUT2D eigenvalue weighted by molar-refractivity contribution is 0.512. The molecule has 0 spiro atoms. The number of nitrogens with zero attached hydrogens (tertiary/aromatic N) is 3. The summed E-state index contributed by atoms with van der Waals surface area (Å²) in [6, 6.07) is 7.48. The van der Waals surface area contributed by atoms with Crippen LogP contribution in [0.2, 0.25) is 10.0 Å². The Morgan fingerprint density at radius 2 is 1.67 bits per heavy atom. The highest BCUT2D eigenvalue weighted by Crippen LogP contribution is 2.30. The molecule has 0 saturated carbocycles. The molecule has 3 aromatic rings. The molecule has 2 aromatic heterocycles. The van der Waals surface area contributed by atoms with Crippen LogP contribution < -0.4 is 11.0 Å². The lowest BCUT2D eigenvalue weighted by atomic mass is 10.2. The van der Waals surface area contributed by atoms with E-state index in [1.807, 2.05) is 12.1 Å². The Kier molecular flexibility index (Phi) is 6.71. The highest BCUT2D eigenvalue weighted by atomic mass is 35.5. The van der Waals surface area contributed by atoms with E-state index in [1.54, 1.807) is 33.3 Å². The van der Waals surface area contributed by atoms with Crippen LogP contribution >= 0.6 is 23.2 Å². The third-order valence-electron chi connectivity index (χ3n) is 4.65. The Balaban J connectivity index is 2.09. The number of imidazole rings is 1. The quantitative estimate of drug-likeness (QED) is 0.572. The fourth-order valence-electron chi connectivity index (χ4n) is 3.20. The average Bonchev–Trinajstić information content (AvgIpc) is 2.94. The number of nitrogens with one attached hydrogen (secondary N) is 1. The van der Waals surface area contributed by atoms with Gasteiger partial charge in [-0.15, -0.1) is 0 Å². The van der Waals surface area contributed by atoms with E-state index in [-0.39, 0.29) is 32.6 Å². The fraction of sp³-hybridized carbons (Fsp3) is 0.300. The van der Waals surface area contributed by atoms with Gasteiger partial charge in [0.15, 0.2) is 5.03 Å². The van der Waals surface area contributed by atoms with Crippen molar-refractivity contribution in [3.63, 3.8) is 0 Å². The normalized spacial score (nSPS) is 11.9. The number of hydrogen-bond donors (Lipinski definition) is 1. The lowest BCUT2D eigenvalue weighted by Crippen LogP contribution is -2.26. The summed E-state index contributed by atoms with van der Waals surface area (Å²) in [4.78, 5) is 16.8. The minimum Gasteiger partial charge on any atom is -0.307 e. The Hall–Kier alpha value is -2.13.